The van der Waals surface area contributed by atoms with E-state index in [2.05, 4.69) is 12.2 Å². The van der Waals surface area contributed by atoms with Crippen LogP contribution in [0.15, 0.2) is 42.5 Å². The molecular formula is C16H17ClFN. The summed E-state index contributed by atoms with van der Waals surface area (Å²) >= 11 is 5.98. The highest BCUT2D eigenvalue weighted by Crippen LogP contribution is 2.18. The van der Waals surface area contributed by atoms with E-state index in [-0.39, 0.29) is 11.9 Å². The van der Waals surface area contributed by atoms with Gasteiger partial charge in [0.05, 0.1) is 0 Å². The van der Waals surface area contributed by atoms with Gasteiger partial charge in [-0.15, -0.1) is 0 Å². The van der Waals surface area contributed by atoms with E-state index in [0.717, 1.165) is 21.7 Å². The van der Waals surface area contributed by atoms with Gasteiger partial charge in [-0.05, 0) is 54.8 Å². The molecule has 0 aliphatic carbocycles. The molecule has 0 bridgehead atoms. The molecule has 19 heavy (non-hydrogen) atoms. The number of rotatable bonds is 4. The van der Waals surface area contributed by atoms with Gasteiger partial charge < -0.3 is 5.32 Å². The maximum absolute atomic E-state index is 13.0. The minimum atomic E-state index is -0.191. The van der Waals surface area contributed by atoms with Crippen LogP contribution in [0, 0.1) is 12.7 Å². The number of hydrogen-bond donors (Lipinski definition) is 1. The highest BCUT2D eigenvalue weighted by molar-refractivity contribution is 6.30. The minimum Gasteiger partial charge on any atom is -0.306 e. The summed E-state index contributed by atoms with van der Waals surface area (Å²) in [6.45, 7) is 4.72. The lowest BCUT2D eigenvalue weighted by molar-refractivity contribution is 0.571. The van der Waals surface area contributed by atoms with Gasteiger partial charge in [0, 0.05) is 17.6 Å². The Morgan fingerprint density at radius 2 is 2.00 bits per heavy atom. The van der Waals surface area contributed by atoms with Crippen molar-refractivity contribution < 1.29 is 4.39 Å². The molecule has 2 aromatic carbocycles. The smallest absolute Gasteiger partial charge is 0.123 e. The fraction of sp³-hybridized carbons (Fsp3) is 0.250. The molecule has 3 heteroatoms. The molecule has 0 amide bonds. The summed E-state index contributed by atoms with van der Waals surface area (Å²) in [5, 5.41) is 4.16. The van der Waals surface area contributed by atoms with Gasteiger partial charge in [0.15, 0.2) is 0 Å². The van der Waals surface area contributed by atoms with Crippen LogP contribution in [0.5, 0.6) is 0 Å². The first-order valence-electron chi connectivity index (χ1n) is 6.30. The largest absolute Gasteiger partial charge is 0.306 e. The molecule has 1 atom stereocenters. The molecule has 1 nitrogen and oxygen atoms in total. The van der Waals surface area contributed by atoms with Crippen molar-refractivity contribution in [3.05, 3.63) is 70.0 Å². The van der Waals surface area contributed by atoms with Crippen LogP contribution in [0.3, 0.4) is 0 Å². The monoisotopic (exact) mass is 277 g/mol. The molecule has 0 spiro atoms. The van der Waals surface area contributed by atoms with Crippen molar-refractivity contribution in [3.8, 4) is 0 Å². The SMILES string of the molecule is Cc1cc(F)ccc1CN[C@H](C)c1cccc(Cl)c1. The van der Waals surface area contributed by atoms with Gasteiger partial charge in [0.2, 0.25) is 0 Å². The second kappa shape index (κ2) is 6.18. The van der Waals surface area contributed by atoms with E-state index in [1.54, 1.807) is 6.07 Å². The Labute approximate surface area is 118 Å². The summed E-state index contributed by atoms with van der Waals surface area (Å²) in [6, 6.07) is 12.9. The molecule has 0 saturated carbocycles. The van der Waals surface area contributed by atoms with Crippen molar-refractivity contribution in [2.24, 2.45) is 0 Å². The average Bonchev–Trinajstić information content (AvgIpc) is 2.37. The van der Waals surface area contributed by atoms with Crippen molar-refractivity contribution >= 4 is 11.6 Å². The zero-order valence-corrected chi connectivity index (χ0v) is 11.8. The number of halogens is 2. The van der Waals surface area contributed by atoms with Crippen LogP contribution in [-0.4, -0.2) is 0 Å². The van der Waals surface area contributed by atoms with Crippen molar-refractivity contribution in [2.45, 2.75) is 26.4 Å². The Morgan fingerprint density at radius 1 is 1.21 bits per heavy atom. The summed E-state index contributed by atoms with van der Waals surface area (Å²) in [7, 11) is 0. The number of nitrogens with one attached hydrogen (secondary N) is 1. The first-order chi connectivity index (χ1) is 9.06. The van der Waals surface area contributed by atoms with Crippen molar-refractivity contribution in [2.75, 3.05) is 0 Å². The quantitative estimate of drug-likeness (QED) is 0.858. The van der Waals surface area contributed by atoms with E-state index in [9.17, 15) is 4.39 Å². The maximum Gasteiger partial charge on any atom is 0.123 e. The van der Waals surface area contributed by atoms with Crippen molar-refractivity contribution in [3.63, 3.8) is 0 Å². The lowest BCUT2D eigenvalue weighted by Crippen LogP contribution is -2.18. The van der Waals surface area contributed by atoms with Crippen LogP contribution in [-0.2, 0) is 6.54 Å². The fourth-order valence-electron chi connectivity index (χ4n) is 2.01. The molecule has 100 valence electrons. The fourth-order valence-corrected chi connectivity index (χ4v) is 2.21. The van der Waals surface area contributed by atoms with Crippen LogP contribution >= 0.6 is 11.6 Å². The Hall–Kier alpha value is -1.38. The molecule has 0 radical (unpaired) electrons. The molecule has 0 fully saturated rings. The van der Waals surface area contributed by atoms with E-state index in [1.807, 2.05) is 37.3 Å². The van der Waals surface area contributed by atoms with Crippen LogP contribution in [0.25, 0.3) is 0 Å². The molecule has 1 N–H and O–H groups in total. The highest BCUT2D eigenvalue weighted by Gasteiger charge is 2.06. The molecule has 0 unspecified atom stereocenters. The van der Waals surface area contributed by atoms with Crippen LogP contribution in [0.4, 0.5) is 4.39 Å². The molecular weight excluding hydrogens is 261 g/mol. The van der Waals surface area contributed by atoms with Gasteiger partial charge in [0.25, 0.3) is 0 Å². The lowest BCUT2D eigenvalue weighted by atomic mass is 10.1. The van der Waals surface area contributed by atoms with Gasteiger partial charge >= 0.3 is 0 Å². The van der Waals surface area contributed by atoms with Crippen LogP contribution in [0.2, 0.25) is 5.02 Å². The normalized spacial score (nSPS) is 12.4. The van der Waals surface area contributed by atoms with E-state index in [1.165, 1.54) is 6.07 Å². The Balaban J connectivity index is 2.02. The molecule has 0 saturated heterocycles. The third-order valence-corrected chi connectivity index (χ3v) is 3.49. The lowest BCUT2D eigenvalue weighted by Gasteiger charge is -2.15. The summed E-state index contributed by atoms with van der Waals surface area (Å²) in [6.07, 6.45) is 0. The Kier molecular flexibility index (Phi) is 4.56. The molecule has 0 aliphatic rings. The zero-order valence-electron chi connectivity index (χ0n) is 11.1. The summed E-state index contributed by atoms with van der Waals surface area (Å²) < 4.78 is 13.0. The first kappa shape index (κ1) is 14.0. The molecule has 0 aliphatic heterocycles. The first-order valence-corrected chi connectivity index (χ1v) is 6.68. The standard InChI is InChI=1S/C16H17ClFN/c1-11-8-16(18)7-6-14(11)10-19-12(2)13-4-3-5-15(17)9-13/h3-9,12,19H,10H2,1-2H3/t12-/m1/s1. The number of hydrogen-bond acceptors (Lipinski definition) is 1. The van der Waals surface area contributed by atoms with Crippen molar-refractivity contribution in [1.82, 2.24) is 5.32 Å². The Bertz CT molecular complexity index is 568. The van der Waals surface area contributed by atoms with Gasteiger partial charge in [-0.1, -0.05) is 29.8 Å². The van der Waals surface area contributed by atoms with E-state index < -0.39 is 0 Å². The molecule has 2 rings (SSSR count). The van der Waals surface area contributed by atoms with E-state index in [4.69, 9.17) is 11.6 Å². The second-order valence-corrected chi connectivity index (χ2v) is 5.16. The molecule has 0 aromatic heterocycles. The third kappa shape index (κ3) is 3.79. The zero-order chi connectivity index (χ0) is 13.8. The summed E-state index contributed by atoms with van der Waals surface area (Å²) in [5.41, 5.74) is 3.22. The topological polar surface area (TPSA) is 12.0 Å². The summed E-state index contributed by atoms with van der Waals surface area (Å²) in [4.78, 5) is 0. The van der Waals surface area contributed by atoms with Crippen LogP contribution < -0.4 is 5.32 Å². The van der Waals surface area contributed by atoms with E-state index in [0.29, 0.717) is 6.54 Å². The number of benzene rings is 2. The average molecular weight is 278 g/mol. The second-order valence-electron chi connectivity index (χ2n) is 4.73. The minimum absolute atomic E-state index is 0.191. The molecule has 2 aromatic rings. The number of aryl methyl sites for hydroxylation is 1. The van der Waals surface area contributed by atoms with E-state index >= 15 is 0 Å². The Morgan fingerprint density at radius 3 is 2.68 bits per heavy atom. The van der Waals surface area contributed by atoms with Gasteiger partial charge in [-0.3, -0.25) is 0 Å². The van der Waals surface area contributed by atoms with Crippen molar-refractivity contribution in [1.29, 1.82) is 0 Å². The molecule has 0 heterocycles. The third-order valence-electron chi connectivity index (χ3n) is 3.25. The van der Waals surface area contributed by atoms with Crippen LogP contribution in [0.1, 0.15) is 29.7 Å². The highest BCUT2D eigenvalue weighted by atomic mass is 35.5. The predicted octanol–water partition coefficient (Wildman–Crippen LogP) is 4.64. The predicted molar refractivity (Wildman–Crippen MR) is 77.8 cm³/mol. The van der Waals surface area contributed by atoms with Gasteiger partial charge in [-0.2, -0.15) is 0 Å². The van der Waals surface area contributed by atoms with Gasteiger partial charge in [-0.25, -0.2) is 4.39 Å². The summed E-state index contributed by atoms with van der Waals surface area (Å²) in [5.74, 6) is -0.191. The maximum atomic E-state index is 13.0. The van der Waals surface area contributed by atoms with Gasteiger partial charge in [0.1, 0.15) is 5.82 Å².